The number of halogens is 1. The molecular formula is C11H8ClN5O2. The van der Waals surface area contributed by atoms with E-state index in [2.05, 4.69) is 15.4 Å². The molecule has 0 saturated carbocycles. The third-order valence-corrected chi connectivity index (χ3v) is 2.97. The van der Waals surface area contributed by atoms with Gasteiger partial charge in [-0.25, -0.2) is 9.88 Å². The minimum absolute atomic E-state index is 0.243. The van der Waals surface area contributed by atoms with Gasteiger partial charge in [0.2, 0.25) is 0 Å². The molecule has 0 aliphatic carbocycles. The Balaban J connectivity index is 2.32. The van der Waals surface area contributed by atoms with Crippen molar-refractivity contribution < 1.29 is 9.59 Å². The van der Waals surface area contributed by atoms with Gasteiger partial charge >= 0.3 is 5.37 Å². The lowest BCUT2D eigenvalue weighted by molar-refractivity contribution is 0.101. The maximum Gasteiger partial charge on any atom is 0.326 e. The minimum atomic E-state index is -0.759. The fourth-order valence-electron chi connectivity index (χ4n) is 2.00. The highest BCUT2D eigenvalue weighted by molar-refractivity contribution is 6.67. The summed E-state index contributed by atoms with van der Waals surface area (Å²) in [6, 6.07) is 3.30. The molecule has 2 amide bonds. The Bertz CT molecular complexity index is 696. The van der Waals surface area contributed by atoms with E-state index in [0.717, 1.165) is 4.90 Å². The van der Waals surface area contributed by atoms with Crippen LogP contribution in [0.1, 0.15) is 10.5 Å². The second-order valence-corrected chi connectivity index (χ2v) is 4.24. The summed E-state index contributed by atoms with van der Waals surface area (Å²) < 4.78 is 1.38. The van der Waals surface area contributed by atoms with Crippen molar-refractivity contribution in [2.24, 2.45) is 7.05 Å². The fourth-order valence-corrected chi connectivity index (χ4v) is 2.17. The number of pyridine rings is 1. The number of carbonyl (C=O) groups is 2. The standard InChI is InChI=1S/C11H8ClN5O2/c1-16-8-7(5-14-16)17(11(12)19)9-6(15-10(8)18)3-2-4-13-9/h2-5H,1H3,(H,15,18). The van der Waals surface area contributed by atoms with E-state index in [0.29, 0.717) is 11.4 Å². The molecule has 8 heteroatoms. The van der Waals surface area contributed by atoms with Gasteiger partial charge in [-0.15, -0.1) is 0 Å². The molecule has 0 fully saturated rings. The number of rotatable bonds is 0. The number of aromatic nitrogens is 3. The van der Waals surface area contributed by atoms with E-state index >= 15 is 0 Å². The predicted octanol–water partition coefficient (Wildman–Crippen LogP) is 1.88. The summed E-state index contributed by atoms with van der Waals surface area (Å²) in [5.41, 5.74) is 0.960. The Morgan fingerprint density at radius 2 is 2.26 bits per heavy atom. The van der Waals surface area contributed by atoms with Crippen LogP contribution >= 0.6 is 11.6 Å². The number of aryl methyl sites for hydroxylation is 1. The van der Waals surface area contributed by atoms with Crippen molar-refractivity contribution in [3.8, 4) is 0 Å². The number of carbonyl (C=O) groups excluding carboxylic acids is 2. The minimum Gasteiger partial charge on any atom is -0.317 e. The highest BCUT2D eigenvalue weighted by atomic mass is 35.5. The third-order valence-electron chi connectivity index (χ3n) is 2.80. The molecule has 0 bridgehead atoms. The molecule has 0 radical (unpaired) electrons. The zero-order valence-corrected chi connectivity index (χ0v) is 10.5. The van der Waals surface area contributed by atoms with E-state index in [1.165, 1.54) is 17.1 Å². The largest absolute Gasteiger partial charge is 0.326 e. The SMILES string of the molecule is Cn1ncc2c1C(=O)Nc1cccnc1N2C(=O)Cl. The van der Waals surface area contributed by atoms with E-state index in [-0.39, 0.29) is 17.4 Å². The van der Waals surface area contributed by atoms with Crippen LogP contribution in [0.3, 0.4) is 0 Å². The molecule has 19 heavy (non-hydrogen) atoms. The molecule has 0 atom stereocenters. The van der Waals surface area contributed by atoms with Crippen LogP contribution in [0.25, 0.3) is 0 Å². The Morgan fingerprint density at radius 1 is 1.47 bits per heavy atom. The zero-order chi connectivity index (χ0) is 13.6. The van der Waals surface area contributed by atoms with E-state index in [9.17, 15) is 9.59 Å². The topological polar surface area (TPSA) is 80.1 Å². The van der Waals surface area contributed by atoms with Crippen molar-refractivity contribution in [1.82, 2.24) is 14.8 Å². The maximum absolute atomic E-state index is 12.1. The lowest BCUT2D eigenvalue weighted by atomic mass is 10.3. The average Bonchev–Trinajstić information content (AvgIpc) is 2.67. The van der Waals surface area contributed by atoms with Crippen molar-refractivity contribution in [2.75, 3.05) is 10.2 Å². The van der Waals surface area contributed by atoms with Crippen LogP contribution in [0.5, 0.6) is 0 Å². The lowest BCUT2D eigenvalue weighted by Gasteiger charge is -2.17. The molecule has 2 aromatic heterocycles. The van der Waals surface area contributed by atoms with Gasteiger partial charge in [0.15, 0.2) is 11.5 Å². The smallest absolute Gasteiger partial charge is 0.317 e. The van der Waals surface area contributed by atoms with E-state index < -0.39 is 5.37 Å². The van der Waals surface area contributed by atoms with Gasteiger partial charge in [0.1, 0.15) is 5.69 Å². The Kier molecular flexibility index (Phi) is 2.49. The van der Waals surface area contributed by atoms with Crippen LogP contribution in [-0.4, -0.2) is 26.0 Å². The van der Waals surface area contributed by atoms with Crippen LogP contribution in [0.2, 0.25) is 0 Å². The summed E-state index contributed by atoms with van der Waals surface area (Å²) >= 11 is 5.61. The molecule has 1 aliphatic heterocycles. The summed E-state index contributed by atoms with van der Waals surface area (Å²) in [7, 11) is 1.61. The van der Waals surface area contributed by atoms with Gasteiger partial charge in [0.25, 0.3) is 5.91 Å². The maximum atomic E-state index is 12.1. The average molecular weight is 278 g/mol. The molecule has 1 N–H and O–H groups in total. The van der Waals surface area contributed by atoms with Gasteiger partial charge < -0.3 is 5.32 Å². The summed E-state index contributed by atoms with van der Waals surface area (Å²) in [5.74, 6) is -0.104. The summed E-state index contributed by atoms with van der Waals surface area (Å²) in [6.45, 7) is 0. The van der Waals surface area contributed by atoms with Crippen LogP contribution in [0.4, 0.5) is 22.0 Å². The van der Waals surface area contributed by atoms with Crippen molar-refractivity contribution >= 4 is 40.1 Å². The Hall–Kier alpha value is -2.41. The number of anilines is 3. The zero-order valence-electron chi connectivity index (χ0n) is 9.79. The summed E-state index contributed by atoms with van der Waals surface area (Å²) in [4.78, 5) is 29.0. The summed E-state index contributed by atoms with van der Waals surface area (Å²) in [5, 5.41) is 5.89. The van der Waals surface area contributed by atoms with Crippen LogP contribution in [0.15, 0.2) is 24.5 Å². The van der Waals surface area contributed by atoms with Crippen molar-refractivity contribution in [3.05, 3.63) is 30.2 Å². The van der Waals surface area contributed by atoms with E-state index in [4.69, 9.17) is 11.6 Å². The monoisotopic (exact) mass is 277 g/mol. The highest BCUT2D eigenvalue weighted by Gasteiger charge is 2.32. The van der Waals surface area contributed by atoms with E-state index in [1.54, 1.807) is 19.2 Å². The number of fused-ring (bicyclic) bond motifs is 2. The second kappa shape index (κ2) is 4.06. The number of hydrogen-bond acceptors (Lipinski definition) is 4. The van der Waals surface area contributed by atoms with Crippen molar-refractivity contribution in [1.29, 1.82) is 0 Å². The first-order valence-electron chi connectivity index (χ1n) is 5.37. The van der Waals surface area contributed by atoms with Crippen molar-refractivity contribution in [3.63, 3.8) is 0 Å². The molecule has 3 rings (SSSR count). The van der Waals surface area contributed by atoms with Crippen LogP contribution in [-0.2, 0) is 7.05 Å². The molecular weight excluding hydrogens is 270 g/mol. The number of nitrogens with zero attached hydrogens (tertiary/aromatic N) is 4. The van der Waals surface area contributed by atoms with Gasteiger partial charge in [0, 0.05) is 13.2 Å². The molecule has 7 nitrogen and oxygen atoms in total. The first-order valence-corrected chi connectivity index (χ1v) is 5.75. The van der Waals surface area contributed by atoms with E-state index in [1.807, 2.05) is 0 Å². The Morgan fingerprint density at radius 3 is 3.00 bits per heavy atom. The number of amides is 2. The first-order chi connectivity index (χ1) is 9.09. The molecule has 2 aromatic rings. The van der Waals surface area contributed by atoms with Gasteiger partial charge in [-0.2, -0.15) is 5.10 Å². The number of nitrogens with one attached hydrogen (secondary N) is 1. The second-order valence-electron chi connectivity index (χ2n) is 3.92. The normalized spacial score (nSPS) is 13.4. The van der Waals surface area contributed by atoms with Crippen LogP contribution in [0, 0.1) is 0 Å². The number of hydrogen-bond donors (Lipinski definition) is 1. The summed E-state index contributed by atoms with van der Waals surface area (Å²) in [6.07, 6.45) is 2.91. The van der Waals surface area contributed by atoms with Gasteiger partial charge in [-0.3, -0.25) is 14.3 Å². The molecule has 0 aromatic carbocycles. The fraction of sp³-hybridized carbons (Fsp3) is 0.0909. The first kappa shape index (κ1) is 11.7. The predicted molar refractivity (Wildman–Crippen MR) is 68.8 cm³/mol. The van der Waals surface area contributed by atoms with Crippen molar-refractivity contribution in [2.45, 2.75) is 0 Å². The quantitative estimate of drug-likeness (QED) is 0.589. The Labute approximate surface area is 112 Å². The van der Waals surface area contributed by atoms with Gasteiger partial charge in [0.05, 0.1) is 11.9 Å². The lowest BCUT2D eigenvalue weighted by Crippen LogP contribution is -2.21. The molecule has 0 unspecified atom stereocenters. The highest BCUT2D eigenvalue weighted by Crippen LogP contribution is 2.36. The molecule has 0 spiro atoms. The molecule has 96 valence electrons. The van der Waals surface area contributed by atoms with Gasteiger partial charge in [-0.05, 0) is 23.7 Å². The third kappa shape index (κ3) is 1.66. The molecule has 3 heterocycles. The van der Waals surface area contributed by atoms with Crippen LogP contribution < -0.4 is 10.2 Å². The molecule has 0 saturated heterocycles. The molecule has 1 aliphatic rings. The van der Waals surface area contributed by atoms with Gasteiger partial charge in [-0.1, -0.05) is 0 Å².